The molecule has 0 unspecified atom stereocenters. The highest BCUT2D eigenvalue weighted by Crippen LogP contribution is 2.47. The third kappa shape index (κ3) is 15.2. The van der Waals surface area contributed by atoms with Gasteiger partial charge in [-0.05, 0) is 160 Å². The van der Waals surface area contributed by atoms with Crippen LogP contribution in [0.25, 0.3) is 0 Å². The summed E-state index contributed by atoms with van der Waals surface area (Å²) in [6, 6.07) is 6.84. The van der Waals surface area contributed by atoms with Crippen LogP contribution in [-0.4, -0.2) is 13.2 Å². The van der Waals surface area contributed by atoms with E-state index in [4.69, 9.17) is 9.47 Å². The number of rotatable bonds is 21. The van der Waals surface area contributed by atoms with Gasteiger partial charge >= 0.3 is 0 Å². The van der Waals surface area contributed by atoms with E-state index < -0.39 is 23.3 Å². The van der Waals surface area contributed by atoms with Crippen LogP contribution in [0, 0.1) is 58.8 Å². The Morgan fingerprint density at radius 3 is 1.07 bits per heavy atom. The van der Waals surface area contributed by atoms with Crippen LogP contribution >= 0.6 is 0 Å². The van der Waals surface area contributed by atoms with E-state index >= 15 is 0 Å². The van der Waals surface area contributed by atoms with Crippen molar-refractivity contribution in [3.63, 3.8) is 0 Å². The van der Waals surface area contributed by atoms with Crippen LogP contribution in [0.15, 0.2) is 24.3 Å². The molecule has 0 atom stereocenters. The molecule has 0 amide bonds. The Balaban J connectivity index is 0.000000231. The number of unbranched alkanes of at least 4 members (excludes halogenated alkanes) is 7. The van der Waals surface area contributed by atoms with Gasteiger partial charge in [-0.15, -0.1) is 0 Å². The summed E-state index contributed by atoms with van der Waals surface area (Å²) in [4.78, 5) is 0. The minimum absolute atomic E-state index is 0.0703. The largest absolute Gasteiger partial charge is 0.490 e. The summed E-state index contributed by atoms with van der Waals surface area (Å²) in [5.41, 5.74) is 1.13. The quantitative estimate of drug-likeness (QED) is 0.0920. The standard InChI is InChI=1S/C28H44F2O.C27H42F2O/c1-3-5-7-9-21-10-12-22(13-11-21)23-14-16-24(17-15-23)25-18-19-26(28(30)27(25)29)31-20-8-6-4-2;1-3-5-7-19-30-25-18-17-24(26(28)27(25)29)23-15-13-22(14-16-23)21-11-9-20(10-12-21)8-6-4-2/h18-19,21-24H,3-17,20H2,1-2H3;17-18,20-23H,3-16,19H2,1-2H3. The lowest BCUT2D eigenvalue weighted by Crippen LogP contribution is -2.25. The van der Waals surface area contributed by atoms with Gasteiger partial charge in [-0.25, -0.2) is 8.78 Å². The lowest BCUT2D eigenvalue weighted by Gasteiger charge is -2.38. The number of halogens is 4. The van der Waals surface area contributed by atoms with Gasteiger partial charge < -0.3 is 9.47 Å². The smallest absolute Gasteiger partial charge is 0.200 e. The zero-order valence-electron chi connectivity index (χ0n) is 39.2. The summed E-state index contributed by atoms with van der Waals surface area (Å²) < 4.78 is 69.6. The molecule has 61 heavy (non-hydrogen) atoms. The van der Waals surface area contributed by atoms with Gasteiger partial charge in [0.25, 0.3) is 0 Å². The normalized spacial score (nSPS) is 27.0. The molecule has 2 aromatic carbocycles. The molecule has 6 heteroatoms. The first kappa shape index (κ1) is 49.8. The predicted molar refractivity (Wildman–Crippen MR) is 247 cm³/mol. The average Bonchev–Trinajstić information content (AvgIpc) is 3.29. The zero-order chi connectivity index (χ0) is 43.4. The lowest BCUT2D eigenvalue weighted by atomic mass is 9.68. The van der Waals surface area contributed by atoms with Crippen LogP contribution in [0.5, 0.6) is 11.5 Å². The summed E-state index contributed by atoms with van der Waals surface area (Å²) in [5.74, 6) is 2.74. The first-order valence-electron chi connectivity index (χ1n) is 26.0. The van der Waals surface area contributed by atoms with E-state index in [1.54, 1.807) is 24.3 Å². The van der Waals surface area contributed by atoms with Crippen molar-refractivity contribution in [1.82, 2.24) is 0 Å². The van der Waals surface area contributed by atoms with Crippen molar-refractivity contribution in [1.29, 1.82) is 0 Å². The second-order valence-electron chi connectivity index (χ2n) is 20.1. The highest BCUT2D eigenvalue weighted by molar-refractivity contribution is 5.34. The number of hydrogen-bond donors (Lipinski definition) is 0. The fourth-order valence-corrected chi connectivity index (χ4v) is 11.9. The van der Waals surface area contributed by atoms with Gasteiger partial charge in [-0.2, -0.15) is 8.78 Å². The Bertz CT molecular complexity index is 1500. The molecule has 2 aromatic rings. The average molecular weight is 855 g/mol. The Labute approximate surface area is 370 Å². The molecule has 346 valence electrons. The van der Waals surface area contributed by atoms with Gasteiger partial charge in [-0.3, -0.25) is 0 Å². The summed E-state index contributed by atoms with van der Waals surface area (Å²) in [6.07, 6.45) is 35.5. The fourth-order valence-electron chi connectivity index (χ4n) is 11.9. The fraction of sp³-hybridized carbons (Fsp3) is 0.782. The van der Waals surface area contributed by atoms with Crippen molar-refractivity contribution < 1.29 is 27.0 Å². The van der Waals surface area contributed by atoms with Gasteiger partial charge in [0.1, 0.15) is 0 Å². The Kier molecular flexibility index (Phi) is 22.2. The predicted octanol–water partition coefficient (Wildman–Crippen LogP) is 18.0. The highest BCUT2D eigenvalue weighted by Gasteiger charge is 2.34. The van der Waals surface area contributed by atoms with Crippen molar-refractivity contribution in [3.05, 3.63) is 58.7 Å². The van der Waals surface area contributed by atoms with Gasteiger partial charge in [0.05, 0.1) is 13.2 Å². The molecule has 0 N–H and O–H groups in total. The van der Waals surface area contributed by atoms with Crippen LogP contribution in [-0.2, 0) is 0 Å². The minimum Gasteiger partial charge on any atom is -0.490 e. The summed E-state index contributed by atoms with van der Waals surface area (Å²) in [6.45, 7) is 9.70. The van der Waals surface area contributed by atoms with Gasteiger partial charge in [0.2, 0.25) is 11.6 Å². The summed E-state index contributed by atoms with van der Waals surface area (Å²) in [7, 11) is 0. The topological polar surface area (TPSA) is 18.5 Å². The Morgan fingerprint density at radius 1 is 0.377 bits per heavy atom. The van der Waals surface area contributed by atoms with E-state index in [2.05, 4.69) is 27.7 Å². The van der Waals surface area contributed by atoms with Crippen LogP contribution in [0.1, 0.15) is 237 Å². The maximum absolute atomic E-state index is 14.8. The minimum atomic E-state index is -0.795. The van der Waals surface area contributed by atoms with Crippen LogP contribution in [0.2, 0.25) is 0 Å². The molecule has 0 radical (unpaired) electrons. The first-order valence-corrected chi connectivity index (χ1v) is 26.0. The molecule has 6 rings (SSSR count). The molecule has 4 aliphatic rings. The molecule has 0 saturated heterocycles. The van der Waals surface area contributed by atoms with E-state index in [9.17, 15) is 17.6 Å². The van der Waals surface area contributed by atoms with E-state index in [1.165, 1.54) is 122 Å². The van der Waals surface area contributed by atoms with Crippen LogP contribution in [0.4, 0.5) is 17.6 Å². The monoisotopic (exact) mass is 855 g/mol. The third-order valence-corrected chi connectivity index (χ3v) is 15.9. The van der Waals surface area contributed by atoms with E-state index in [-0.39, 0.29) is 23.3 Å². The maximum Gasteiger partial charge on any atom is 0.200 e. The molecule has 2 nitrogen and oxygen atoms in total. The van der Waals surface area contributed by atoms with E-state index in [0.717, 1.165) is 99.7 Å². The van der Waals surface area contributed by atoms with Crippen molar-refractivity contribution in [2.45, 2.75) is 226 Å². The highest BCUT2D eigenvalue weighted by atomic mass is 19.2. The van der Waals surface area contributed by atoms with Gasteiger partial charge in [0, 0.05) is 0 Å². The van der Waals surface area contributed by atoms with Crippen LogP contribution in [0.3, 0.4) is 0 Å². The van der Waals surface area contributed by atoms with Crippen molar-refractivity contribution in [2.24, 2.45) is 35.5 Å². The zero-order valence-corrected chi connectivity index (χ0v) is 39.2. The Hall–Kier alpha value is -2.24. The maximum atomic E-state index is 14.8. The van der Waals surface area contributed by atoms with Gasteiger partial charge in [0.15, 0.2) is 23.1 Å². The van der Waals surface area contributed by atoms with Crippen molar-refractivity contribution >= 4 is 0 Å². The first-order chi connectivity index (χ1) is 29.8. The molecule has 0 aliphatic heterocycles. The lowest BCUT2D eigenvalue weighted by molar-refractivity contribution is 0.155. The molecule has 4 saturated carbocycles. The molecular weight excluding hydrogens is 769 g/mol. The third-order valence-electron chi connectivity index (χ3n) is 15.9. The summed E-state index contributed by atoms with van der Waals surface area (Å²) >= 11 is 0. The molecule has 0 bridgehead atoms. The molecule has 4 fully saturated rings. The Morgan fingerprint density at radius 2 is 0.705 bits per heavy atom. The van der Waals surface area contributed by atoms with Crippen molar-refractivity contribution in [3.8, 4) is 11.5 Å². The van der Waals surface area contributed by atoms with Crippen LogP contribution < -0.4 is 9.47 Å². The van der Waals surface area contributed by atoms with E-state index in [1.807, 2.05) is 0 Å². The number of benzene rings is 2. The van der Waals surface area contributed by atoms with Crippen molar-refractivity contribution in [2.75, 3.05) is 13.2 Å². The number of hydrogen-bond acceptors (Lipinski definition) is 2. The molecule has 0 aromatic heterocycles. The molecule has 0 spiro atoms. The second kappa shape index (κ2) is 27.2. The summed E-state index contributed by atoms with van der Waals surface area (Å²) in [5, 5.41) is 0. The molecule has 0 heterocycles. The number of ether oxygens (including phenoxy) is 2. The van der Waals surface area contributed by atoms with E-state index in [0.29, 0.717) is 24.3 Å². The SMILES string of the molecule is CCCCCOc1ccc(C2CCC(C3CCC(CCCC)CC3)CC2)c(F)c1F.CCCCCOc1ccc(C2CCC(C3CCC(CCCCC)CC3)CC2)c(F)c1F. The van der Waals surface area contributed by atoms with Gasteiger partial charge in [-0.1, -0.05) is 136 Å². The molecule has 4 aliphatic carbocycles. The molecular formula is C55H86F4O2. The second-order valence-corrected chi connectivity index (χ2v) is 20.1.